The minimum absolute atomic E-state index is 0.0185. The van der Waals surface area contributed by atoms with Crippen LogP contribution in [-0.2, 0) is 6.42 Å². The molecule has 0 aliphatic rings. The normalized spacial score (nSPS) is 14.1. The number of aromatic amines is 2. The highest BCUT2D eigenvalue weighted by molar-refractivity contribution is 5.87. The molecule has 5 N–H and O–H groups in total. The first kappa shape index (κ1) is 16.8. The molecule has 5 heteroatoms. The van der Waals surface area contributed by atoms with Gasteiger partial charge in [-0.1, -0.05) is 36.4 Å². The van der Waals surface area contributed by atoms with Gasteiger partial charge in [-0.25, -0.2) is 0 Å². The number of aliphatic hydroxyl groups is 3. The van der Waals surface area contributed by atoms with E-state index in [1.807, 2.05) is 54.7 Å². The van der Waals surface area contributed by atoms with Gasteiger partial charge in [0.25, 0.3) is 0 Å². The number of aromatic nitrogens is 2. The van der Waals surface area contributed by atoms with E-state index in [-0.39, 0.29) is 13.2 Å². The summed E-state index contributed by atoms with van der Waals surface area (Å²) >= 11 is 0. The summed E-state index contributed by atoms with van der Waals surface area (Å²) in [5.74, 6) is -0.426. The lowest BCUT2D eigenvalue weighted by Crippen LogP contribution is -2.24. The lowest BCUT2D eigenvalue weighted by molar-refractivity contribution is 0.0816. The first-order valence-electron chi connectivity index (χ1n) is 8.80. The van der Waals surface area contributed by atoms with E-state index >= 15 is 0 Å². The summed E-state index contributed by atoms with van der Waals surface area (Å²) in [4.78, 5) is 6.67. The number of H-pyrrole nitrogens is 2. The van der Waals surface area contributed by atoms with Gasteiger partial charge in [0.2, 0.25) is 0 Å². The van der Waals surface area contributed by atoms with Gasteiger partial charge < -0.3 is 25.3 Å². The molecule has 5 nitrogen and oxygen atoms in total. The second-order valence-electron chi connectivity index (χ2n) is 6.55. The van der Waals surface area contributed by atoms with Crippen molar-refractivity contribution in [3.63, 3.8) is 0 Å². The van der Waals surface area contributed by atoms with Crippen molar-refractivity contribution >= 4 is 21.8 Å². The third-order valence-electron chi connectivity index (χ3n) is 5.05. The van der Waals surface area contributed by atoms with Crippen LogP contribution in [0.1, 0.15) is 22.7 Å². The fraction of sp³-hybridized carbons (Fsp3) is 0.238. The number of rotatable bonds is 6. The standard InChI is InChI=1S/C21H22N2O3/c24-10-9-15-13-5-2-4-8-18(13)23-21(15)20(19(26)12-25)16-11-22-17-7-3-1-6-14(16)17/h1-8,11,19-20,22-26H,9-10,12H2/t19-,20+/m1/s1. The zero-order valence-corrected chi connectivity index (χ0v) is 14.3. The number of para-hydroxylation sites is 2. The molecule has 0 saturated carbocycles. The van der Waals surface area contributed by atoms with Crippen molar-refractivity contribution in [2.75, 3.05) is 13.2 Å². The van der Waals surface area contributed by atoms with E-state index in [0.717, 1.165) is 38.6 Å². The van der Waals surface area contributed by atoms with E-state index in [1.54, 1.807) is 0 Å². The largest absolute Gasteiger partial charge is 0.396 e. The highest BCUT2D eigenvalue weighted by Gasteiger charge is 2.29. The maximum absolute atomic E-state index is 10.7. The molecule has 0 aliphatic carbocycles. The van der Waals surface area contributed by atoms with Crippen LogP contribution in [-0.4, -0.2) is 44.6 Å². The third-order valence-corrected chi connectivity index (χ3v) is 5.05. The quantitative estimate of drug-likeness (QED) is 0.370. The van der Waals surface area contributed by atoms with Gasteiger partial charge in [0, 0.05) is 40.3 Å². The molecule has 0 bridgehead atoms. The summed E-state index contributed by atoms with van der Waals surface area (Å²) in [5, 5.41) is 32.0. The van der Waals surface area contributed by atoms with Crippen molar-refractivity contribution in [3.05, 3.63) is 71.5 Å². The van der Waals surface area contributed by atoms with Crippen LogP contribution in [0.25, 0.3) is 21.8 Å². The van der Waals surface area contributed by atoms with Crippen molar-refractivity contribution in [1.82, 2.24) is 9.97 Å². The van der Waals surface area contributed by atoms with E-state index < -0.39 is 12.0 Å². The van der Waals surface area contributed by atoms with Gasteiger partial charge in [-0.15, -0.1) is 0 Å². The van der Waals surface area contributed by atoms with Crippen LogP contribution in [0.2, 0.25) is 0 Å². The zero-order chi connectivity index (χ0) is 18.1. The van der Waals surface area contributed by atoms with Crippen LogP contribution in [0.4, 0.5) is 0 Å². The molecule has 0 spiro atoms. The smallest absolute Gasteiger partial charge is 0.0895 e. The average Bonchev–Trinajstić information content (AvgIpc) is 3.25. The monoisotopic (exact) mass is 350 g/mol. The average molecular weight is 350 g/mol. The molecular weight excluding hydrogens is 328 g/mol. The SMILES string of the molecule is OCCc1c([C@@H](c2c[nH]c3ccccc23)[C@H](O)CO)[nH]c2ccccc12. The lowest BCUT2D eigenvalue weighted by Gasteiger charge is -2.22. The molecule has 134 valence electrons. The summed E-state index contributed by atoms with van der Waals surface area (Å²) in [6.45, 7) is -0.331. The summed E-state index contributed by atoms with van der Waals surface area (Å²) in [5.41, 5.74) is 4.68. The number of hydrogen-bond donors (Lipinski definition) is 5. The highest BCUT2D eigenvalue weighted by Crippen LogP contribution is 2.37. The van der Waals surface area contributed by atoms with Crippen LogP contribution in [0, 0.1) is 0 Å². The molecule has 0 amide bonds. The van der Waals surface area contributed by atoms with E-state index in [1.165, 1.54) is 0 Å². The molecule has 0 fully saturated rings. The molecule has 0 radical (unpaired) electrons. The Morgan fingerprint density at radius 2 is 1.58 bits per heavy atom. The summed E-state index contributed by atoms with van der Waals surface area (Å²) in [6.07, 6.45) is 1.42. The summed E-state index contributed by atoms with van der Waals surface area (Å²) in [7, 11) is 0. The second kappa shape index (κ2) is 6.96. The van der Waals surface area contributed by atoms with Gasteiger partial charge in [0.05, 0.1) is 18.6 Å². The number of hydrogen-bond acceptors (Lipinski definition) is 3. The fourth-order valence-corrected chi connectivity index (χ4v) is 3.88. The molecule has 0 saturated heterocycles. The Balaban J connectivity index is 1.96. The predicted molar refractivity (Wildman–Crippen MR) is 102 cm³/mol. The number of benzene rings is 2. The van der Waals surface area contributed by atoms with E-state index in [9.17, 15) is 15.3 Å². The van der Waals surface area contributed by atoms with Crippen molar-refractivity contribution in [1.29, 1.82) is 0 Å². The molecule has 2 aromatic carbocycles. The predicted octanol–water partition coefficient (Wildman–Crippen LogP) is 2.67. The molecule has 4 aromatic rings. The molecule has 0 unspecified atom stereocenters. The third kappa shape index (κ3) is 2.70. The van der Waals surface area contributed by atoms with Gasteiger partial charge >= 0.3 is 0 Å². The Morgan fingerprint density at radius 3 is 2.31 bits per heavy atom. The Bertz CT molecular complexity index is 1030. The number of nitrogens with one attached hydrogen (secondary N) is 2. The molecule has 2 aromatic heterocycles. The second-order valence-corrected chi connectivity index (χ2v) is 6.55. The topological polar surface area (TPSA) is 92.3 Å². The molecule has 0 aliphatic heterocycles. The highest BCUT2D eigenvalue weighted by atomic mass is 16.3. The van der Waals surface area contributed by atoms with Crippen LogP contribution >= 0.6 is 0 Å². The molecular formula is C21H22N2O3. The molecule has 2 heterocycles. The van der Waals surface area contributed by atoms with Crippen molar-refractivity contribution in [2.45, 2.75) is 18.4 Å². The fourth-order valence-electron chi connectivity index (χ4n) is 3.88. The Kier molecular flexibility index (Phi) is 4.51. The number of aliphatic hydroxyl groups excluding tert-OH is 3. The van der Waals surface area contributed by atoms with E-state index in [4.69, 9.17) is 0 Å². The molecule has 2 atom stereocenters. The zero-order valence-electron chi connectivity index (χ0n) is 14.3. The van der Waals surface area contributed by atoms with Gasteiger partial charge in [-0.05, 0) is 29.7 Å². The van der Waals surface area contributed by atoms with Gasteiger partial charge in [0.1, 0.15) is 0 Å². The van der Waals surface area contributed by atoms with Crippen LogP contribution < -0.4 is 0 Å². The molecule has 4 rings (SSSR count). The van der Waals surface area contributed by atoms with Gasteiger partial charge in [-0.2, -0.15) is 0 Å². The maximum Gasteiger partial charge on any atom is 0.0895 e. The van der Waals surface area contributed by atoms with Gasteiger partial charge in [0.15, 0.2) is 0 Å². The minimum Gasteiger partial charge on any atom is -0.396 e. The first-order chi connectivity index (χ1) is 12.7. The van der Waals surface area contributed by atoms with E-state index in [2.05, 4.69) is 9.97 Å². The summed E-state index contributed by atoms with van der Waals surface area (Å²) in [6, 6.07) is 15.8. The van der Waals surface area contributed by atoms with Crippen molar-refractivity contribution in [3.8, 4) is 0 Å². The Labute approximate surface area is 150 Å². The van der Waals surface area contributed by atoms with E-state index in [0.29, 0.717) is 6.42 Å². The van der Waals surface area contributed by atoms with Crippen LogP contribution in [0.15, 0.2) is 54.7 Å². The maximum atomic E-state index is 10.7. The minimum atomic E-state index is -0.959. The van der Waals surface area contributed by atoms with Crippen molar-refractivity contribution < 1.29 is 15.3 Å². The molecule has 26 heavy (non-hydrogen) atoms. The number of fused-ring (bicyclic) bond motifs is 2. The summed E-state index contributed by atoms with van der Waals surface area (Å²) < 4.78 is 0. The van der Waals surface area contributed by atoms with Gasteiger partial charge in [-0.3, -0.25) is 0 Å². The van der Waals surface area contributed by atoms with Crippen LogP contribution in [0.3, 0.4) is 0 Å². The van der Waals surface area contributed by atoms with Crippen molar-refractivity contribution in [2.24, 2.45) is 0 Å². The Hall–Kier alpha value is -2.60. The lowest BCUT2D eigenvalue weighted by atomic mass is 9.87. The first-order valence-corrected chi connectivity index (χ1v) is 8.80. The van der Waals surface area contributed by atoms with Crippen LogP contribution in [0.5, 0.6) is 0 Å². The Morgan fingerprint density at radius 1 is 0.885 bits per heavy atom.